The van der Waals surface area contributed by atoms with Crippen molar-refractivity contribution in [1.29, 1.82) is 0 Å². The first-order valence-electron chi connectivity index (χ1n) is 6.94. The molecule has 17 heavy (non-hydrogen) atoms. The summed E-state index contributed by atoms with van der Waals surface area (Å²) in [6.07, 6.45) is 9.80. The van der Waals surface area contributed by atoms with Crippen molar-refractivity contribution in [3.05, 3.63) is 12.7 Å². The van der Waals surface area contributed by atoms with Crippen LogP contribution in [0.25, 0.3) is 0 Å². The fraction of sp³-hybridized carbons (Fsp3) is 0.786. The number of amides is 1. The highest BCUT2D eigenvalue weighted by atomic mass is 16.2. The molecular weight excluding hydrogens is 212 g/mol. The third kappa shape index (κ3) is 6.47. The molecule has 1 N–H and O–H groups in total. The predicted octanol–water partition coefficient (Wildman–Crippen LogP) is 2.33. The first-order valence-corrected chi connectivity index (χ1v) is 6.94. The van der Waals surface area contributed by atoms with E-state index in [2.05, 4.69) is 11.9 Å². The molecule has 1 saturated heterocycles. The molecule has 0 aromatic heterocycles. The Morgan fingerprint density at radius 1 is 1.18 bits per heavy atom. The van der Waals surface area contributed by atoms with Crippen LogP contribution in [0.2, 0.25) is 0 Å². The van der Waals surface area contributed by atoms with Gasteiger partial charge < -0.3 is 10.2 Å². The minimum absolute atomic E-state index is 0.321. The van der Waals surface area contributed by atoms with E-state index >= 15 is 0 Å². The van der Waals surface area contributed by atoms with Gasteiger partial charge in [-0.05, 0) is 38.6 Å². The number of unbranched alkanes of at least 4 members (excludes halogenated alkanes) is 3. The lowest BCUT2D eigenvalue weighted by atomic mass is 10.2. The highest BCUT2D eigenvalue weighted by molar-refractivity contribution is 5.76. The summed E-state index contributed by atoms with van der Waals surface area (Å²) in [5.74, 6) is 0.321. The summed E-state index contributed by atoms with van der Waals surface area (Å²) < 4.78 is 0. The molecule has 0 spiro atoms. The number of rotatable bonds is 9. The van der Waals surface area contributed by atoms with Crippen LogP contribution in [-0.4, -0.2) is 37.0 Å². The molecule has 3 heteroatoms. The molecule has 1 aliphatic heterocycles. The minimum Gasteiger partial charge on any atom is -0.343 e. The lowest BCUT2D eigenvalue weighted by Gasteiger charge is -2.15. The second-order valence-electron chi connectivity index (χ2n) is 4.73. The minimum atomic E-state index is 0.321. The summed E-state index contributed by atoms with van der Waals surface area (Å²) in [5, 5.41) is 3.34. The molecule has 0 aromatic carbocycles. The molecule has 0 bridgehead atoms. The molecule has 1 heterocycles. The zero-order valence-corrected chi connectivity index (χ0v) is 10.9. The summed E-state index contributed by atoms with van der Waals surface area (Å²) >= 11 is 0. The number of nitrogens with zero attached hydrogens (tertiary/aromatic N) is 1. The summed E-state index contributed by atoms with van der Waals surface area (Å²) in [5.41, 5.74) is 0. The van der Waals surface area contributed by atoms with Gasteiger partial charge in [0.15, 0.2) is 0 Å². The van der Waals surface area contributed by atoms with Crippen LogP contribution in [0, 0.1) is 0 Å². The number of hydrogen-bond donors (Lipinski definition) is 1. The van der Waals surface area contributed by atoms with Gasteiger partial charge >= 0.3 is 0 Å². The smallest absolute Gasteiger partial charge is 0.223 e. The molecule has 0 radical (unpaired) electrons. The van der Waals surface area contributed by atoms with Crippen molar-refractivity contribution in [3.8, 4) is 0 Å². The Bertz CT molecular complexity index is 222. The van der Waals surface area contributed by atoms with E-state index in [0.717, 1.165) is 32.6 Å². The summed E-state index contributed by atoms with van der Waals surface area (Å²) in [6, 6.07) is 0. The molecule has 1 amide bonds. The number of carbonyl (C=O) groups is 1. The molecule has 0 saturated carbocycles. The monoisotopic (exact) mass is 238 g/mol. The first kappa shape index (κ1) is 14.2. The highest BCUT2D eigenvalue weighted by Gasteiger charge is 2.16. The number of hydrogen-bond acceptors (Lipinski definition) is 2. The maximum atomic E-state index is 11.7. The standard InChI is InChI=1S/C14H26N2O/c1-2-3-4-5-6-10-15-11-9-14(17)16-12-7-8-13-16/h2,15H,1,3-13H2. The molecule has 0 aromatic rings. The van der Waals surface area contributed by atoms with Crippen molar-refractivity contribution in [2.45, 2.75) is 44.9 Å². The Balaban J connectivity index is 1.86. The zero-order valence-electron chi connectivity index (χ0n) is 10.9. The third-order valence-electron chi connectivity index (χ3n) is 3.24. The third-order valence-corrected chi connectivity index (χ3v) is 3.24. The van der Waals surface area contributed by atoms with Gasteiger partial charge in [0, 0.05) is 26.1 Å². The maximum Gasteiger partial charge on any atom is 0.223 e. The summed E-state index contributed by atoms with van der Waals surface area (Å²) in [7, 11) is 0. The normalized spacial score (nSPS) is 15.2. The molecule has 1 aliphatic rings. The van der Waals surface area contributed by atoms with Crippen LogP contribution in [-0.2, 0) is 4.79 Å². The van der Waals surface area contributed by atoms with Crippen molar-refractivity contribution in [3.63, 3.8) is 0 Å². The van der Waals surface area contributed by atoms with E-state index in [1.807, 2.05) is 11.0 Å². The van der Waals surface area contributed by atoms with Crippen molar-refractivity contribution >= 4 is 5.91 Å². The van der Waals surface area contributed by atoms with Crippen LogP contribution in [0.4, 0.5) is 0 Å². The van der Waals surface area contributed by atoms with E-state index < -0.39 is 0 Å². The fourth-order valence-electron chi connectivity index (χ4n) is 2.16. The van der Waals surface area contributed by atoms with E-state index in [1.54, 1.807) is 0 Å². The molecule has 0 atom stereocenters. The molecule has 3 nitrogen and oxygen atoms in total. The van der Waals surface area contributed by atoms with Gasteiger partial charge in [0.1, 0.15) is 0 Å². The van der Waals surface area contributed by atoms with Crippen molar-refractivity contribution in [2.24, 2.45) is 0 Å². The molecule has 98 valence electrons. The second-order valence-corrected chi connectivity index (χ2v) is 4.73. The van der Waals surface area contributed by atoms with Gasteiger partial charge in [0.05, 0.1) is 0 Å². The molecule has 1 fully saturated rings. The Morgan fingerprint density at radius 2 is 1.94 bits per heavy atom. The first-order chi connectivity index (χ1) is 8.34. The van der Waals surface area contributed by atoms with Gasteiger partial charge in [-0.25, -0.2) is 0 Å². The van der Waals surface area contributed by atoms with Gasteiger partial charge in [-0.1, -0.05) is 12.5 Å². The van der Waals surface area contributed by atoms with Gasteiger partial charge in [-0.15, -0.1) is 6.58 Å². The highest BCUT2D eigenvalue weighted by Crippen LogP contribution is 2.08. The zero-order chi connectivity index (χ0) is 12.3. The SMILES string of the molecule is C=CCCCCCNCCC(=O)N1CCCC1. The Labute approximate surface area is 105 Å². The van der Waals surface area contributed by atoms with Crippen LogP contribution >= 0.6 is 0 Å². The van der Waals surface area contributed by atoms with Crippen molar-refractivity contribution in [2.75, 3.05) is 26.2 Å². The second kappa shape index (κ2) is 9.23. The van der Waals surface area contributed by atoms with Gasteiger partial charge in [-0.2, -0.15) is 0 Å². The van der Waals surface area contributed by atoms with Crippen LogP contribution in [0.3, 0.4) is 0 Å². The Morgan fingerprint density at radius 3 is 2.65 bits per heavy atom. The lowest BCUT2D eigenvalue weighted by Crippen LogP contribution is -2.30. The quantitative estimate of drug-likeness (QED) is 0.494. The van der Waals surface area contributed by atoms with Crippen LogP contribution in [0.15, 0.2) is 12.7 Å². The molecular formula is C14H26N2O. The number of nitrogens with one attached hydrogen (secondary N) is 1. The fourth-order valence-corrected chi connectivity index (χ4v) is 2.16. The molecule has 0 aliphatic carbocycles. The molecule has 0 unspecified atom stereocenters. The van der Waals surface area contributed by atoms with Crippen molar-refractivity contribution in [1.82, 2.24) is 10.2 Å². The van der Waals surface area contributed by atoms with E-state index in [9.17, 15) is 4.79 Å². The number of allylic oxidation sites excluding steroid dienone is 1. The number of likely N-dealkylation sites (tertiary alicyclic amines) is 1. The summed E-state index contributed by atoms with van der Waals surface area (Å²) in [4.78, 5) is 13.7. The lowest BCUT2D eigenvalue weighted by molar-refractivity contribution is -0.130. The van der Waals surface area contributed by atoms with Gasteiger partial charge in [0.2, 0.25) is 5.91 Å². The average Bonchev–Trinajstić information content (AvgIpc) is 2.86. The topological polar surface area (TPSA) is 32.3 Å². The predicted molar refractivity (Wildman–Crippen MR) is 72.0 cm³/mol. The summed E-state index contributed by atoms with van der Waals surface area (Å²) in [6.45, 7) is 7.51. The number of carbonyl (C=O) groups excluding carboxylic acids is 1. The largest absolute Gasteiger partial charge is 0.343 e. The van der Waals surface area contributed by atoms with E-state index in [4.69, 9.17) is 0 Å². The van der Waals surface area contributed by atoms with Crippen molar-refractivity contribution < 1.29 is 4.79 Å². The van der Waals surface area contributed by atoms with Gasteiger partial charge in [-0.3, -0.25) is 4.79 Å². The van der Waals surface area contributed by atoms with Gasteiger partial charge in [0.25, 0.3) is 0 Å². The van der Waals surface area contributed by atoms with Crippen LogP contribution in [0.1, 0.15) is 44.9 Å². The van der Waals surface area contributed by atoms with Crippen LogP contribution in [0.5, 0.6) is 0 Å². The van der Waals surface area contributed by atoms with E-state index in [-0.39, 0.29) is 0 Å². The average molecular weight is 238 g/mol. The van der Waals surface area contributed by atoms with E-state index in [1.165, 1.54) is 32.1 Å². The Kier molecular flexibility index (Phi) is 7.72. The molecule has 1 rings (SSSR count). The van der Waals surface area contributed by atoms with E-state index in [0.29, 0.717) is 12.3 Å². The maximum absolute atomic E-state index is 11.7. The Hall–Kier alpha value is -0.830. The van der Waals surface area contributed by atoms with Crippen LogP contribution < -0.4 is 5.32 Å².